The first kappa shape index (κ1) is 15.8. The van der Waals surface area contributed by atoms with Crippen LogP contribution in [0, 0.1) is 5.92 Å². The molecule has 3 unspecified atom stereocenters. The van der Waals surface area contributed by atoms with E-state index in [1.54, 1.807) is 0 Å². The normalized spacial score (nSPS) is 27.6. The van der Waals surface area contributed by atoms with E-state index in [0.29, 0.717) is 0 Å². The molecule has 8 nitrogen and oxygen atoms in total. The van der Waals surface area contributed by atoms with Gasteiger partial charge in [0.05, 0.1) is 12.0 Å². The minimum absolute atomic E-state index is 0.135. The number of fused-ring (bicyclic) bond motifs is 1. The van der Waals surface area contributed by atoms with E-state index in [4.69, 9.17) is 5.73 Å². The topological polar surface area (TPSA) is 115 Å². The van der Waals surface area contributed by atoms with Crippen LogP contribution in [0.3, 0.4) is 0 Å². The van der Waals surface area contributed by atoms with Gasteiger partial charge < -0.3 is 16.4 Å². The molecule has 0 aromatic carbocycles. The van der Waals surface area contributed by atoms with Crippen LogP contribution in [-0.4, -0.2) is 32.7 Å². The highest BCUT2D eigenvalue weighted by Crippen LogP contribution is 2.24. The zero-order valence-electron chi connectivity index (χ0n) is 13.2. The summed E-state index contributed by atoms with van der Waals surface area (Å²) in [5, 5.41) is 10.1. The minimum Gasteiger partial charge on any atom is -0.369 e. The maximum absolute atomic E-state index is 12.4. The number of urea groups is 1. The highest BCUT2D eigenvalue weighted by atomic mass is 16.2. The second-order valence-electron chi connectivity index (χ2n) is 6.41. The van der Waals surface area contributed by atoms with Gasteiger partial charge in [-0.1, -0.05) is 19.3 Å². The van der Waals surface area contributed by atoms with Crippen molar-refractivity contribution >= 4 is 11.9 Å². The molecule has 0 bridgehead atoms. The third-order valence-corrected chi connectivity index (χ3v) is 4.82. The fraction of sp³-hybridized carbons (Fsp3) is 0.733. The molecular weight excluding hydrogens is 296 g/mol. The van der Waals surface area contributed by atoms with Gasteiger partial charge in [-0.25, -0.2) is 14.5 Å². The largest absolute Gasteiger partial charge is 0.369 e. The molecule has 3 rings (SSSR count). The van der Waals surface area contributed by atoms with E-state index >= 15 is 0 Å². The summed E-state index contributed by atoms with van der Waals surface area (Å²) < 4.78 is 1.83. The summed E-state index contributed by atoms with van der Waals surface area (Å²) in [5.74, 6) is 0.187. The Labute approximate surface area is 135 Å². The van der Waals surface area contributed by atoms with E-state index in [9.17, 15) is 9.59 Å². The standard InChI is InChI=1S/C15H24N6O2/c16-13(22)10-5-2-1-3-6-11(10)19-15(23)20-12-7-4-8-21-14(12)17-9-18-21/h9-12H,1-8H2,(H2,16,22)(H2,19,20,23). The lowest BCUT2D eigenvalue weighted by Crippen LogP contribution is -2.49. The first-order valence-electron chi connectivity index (χ1n) is 8.39. The van der Waals surface area contributed by atoms with Gasteiger partial charge in [-0.3, -0.25) is 4.79 Å². The quantitative estimate of drug-likeness (QED) is 0.716. The maximum Gasteiger partial charge on any atom is 0.315 e. The van der Waals surface area contributed by atoms with Crippen LogP contribution in [0.4, 0.5) is 4.79 Å². The molecule has 3 amide bonds. The number of amides is 3. The number of carbonyl (C=O) groups is 2. The molecule has 126 valence electrons. The molecule has 8 heteroatoms. The van der Waals surface area contributed by atoms with Crippen molar-refractivity contribution in [3.05, 3.63) is 12.2 Å². The van der Waals surface area contributed by atoms with Crippen molar-refractivity contribution in [2.75, 3.05) is 0 Å². The molecule has 3 atom stereocenters. The summed E-state index contributed by atoms with van der Waals surface area (Å²) in [5.41, 5.74) is 5.50. The summed E-state index contributed by atoms with van der Waals surface area (Å²) in [4.78, 5) is 28.2. The Morgan fingerprint density at radius 3 is 2.78 bits per heavy atom. The Bertz CT molecular complexity index is 572. The van der Waals surface area contributed by atoms with E-state index in [1.807, 2.05) is 4.68 Å². The van der Waals surface area contributed by atoms with E-state index in [2.05, 4.69) is 20.7 Å². The van der Waals surface area contributed by atoms with Crippen molar-refractivity contribution in [3.8, 4) is 0 Å². The van der Waals surface area contributed by atoms with Crippen LogP contribution in [0.1, 0.15) is 56.8 Å². The first-order valence-corrected chi connectivity index (χ1v) is 8.39. The van der Waals surface area contributed by atoms with E-state index in [-0.39, 0.29) is 29.9 Å². The zero-order chi connectivity index (χ0) is 16.2. The molecule has 1 aromatic heterocycles. The van der Waals surface area contributed by atoms with Gasteiger partial charge in [0, 0.05) is 12.6 Å². The lowest BCUT2D eigenvalue weighted by Gasteiger charge is -2.27. The van der Waals surface area contributed by atoms with Gasteiger partial charge in [0.15, 0.2) is 0 Å². The Balaban J connectivity index is 1.61. The Kier molecular flexibility index (Phi) is 4.78. The molecule has 23 heavy (non-hydrogen) atoms. The molecule has 0 spiro atoms. The molecule has 1 aromatic rings. The molecule has 0 saturated heterocycles. The van der Waals surface area contributed by atoms with Crippen molar-refractivity contribution in [2.45, 2.75) is 63.6 Å². The third-order valence-electron chi connectivity index (χ3n) is 4.82. The van der Waals surface area contributed by atoms with Crippen LogP contribution in [0.2, 0.25) is 0 Å². The molecule has 1 aliphatic heterocycles. The van der Waals surface area contributed by atoms with E-state index in [0.717, 1.165) is 57.3 Å². The lowest BCUT2D eigenvalue weighted by atomic mass is 9.94. The minimum atomic E-state index is -0.324. The number of aryl methyl sites for hydroxylation is 1. The molecule has 2 aliphatic rings. The number of aromatic nitrogens is 3. The number of hydrogen-bond acceptors (Lipinski definition) is 4. The second kappa shape index (κ2) is 6.97. The van der Waals surface area contributed by atoms with Crippen LogP contribution in [-0.2, 0) is 11.3 Å². The molecule has 1 fully saturated rings. The average Bonchev–Trinajstić information content (AvgIpc) is 2.88. The number of nitrogens with zero attached hydrogens (tertiary/aromatic N) is 3. The average molecular weight is 320 g/mol. The Morgan fingerprint density at radius 1 is 1.13 bits per heavy atom. The van der Waals surface area contributed by atoms with Crippen LogP contribution in [0.25, 0.3) is 0 Å². The smallest absolute Gasteiger partial charge is 0.315 e. The number of nitrogens with one attached hydrogen (secondary N) is 2. The molecule has 0 radical (unpaired) electrons. The zero-order valence-corrected chi connectivity index (χ0v) is 13.2. The molecule has 2 heterocycles. The van der Waals surface area contributed by atoms with Crippen molar-refractivity contribution in [1.82, 2.24) is 25.4 Å². The fourth-order valence-corrected chi connectivity index (χ4v) is 3.62. The number of rotatable bonds is 3. The van der Waals surface area contributed by atoms with Gasteiger partial charge in [-0.15, -0.1) is 0 Å². The Morgan fingerprint density at radius 2 is 1.96 bits per heavy atom. The van der Waals surface area contributed by atoms with Gasteiger partial charge >= 0.3 is 6.03 Å². The van der Waals surface area contributed by atoms with Crippen molar-refractivity contribution < 1.29 is 9.59 Å². The maximum atomic E-state index is 12.4. The van der Waals surface area contributed by atoms with Crippen molar-refractivity contribution in [1.29, 1.82) is 0 Å². The van der Waals surface area contributed by atoms with Gasteiger partial charge in [0.2, 0.25) is 5.91 Å². The summed E-state index contributed by atoms with van der Waals surface area (Å²) in [7, 11) is 0. The van der Waals surface area contributed by atoms with Gasteiger partial charge in [-0.05, 0) is 25.7 Å². The van der Waals surface area contributed by atoms with Gasteiger partial charge in [0.25, 0.3) is 0 Å². The van der Waals surface area contributed by atoms with Crippen LogP contribution in [0.5, 0.6) is 0 Å². The van der Waals surface area contributed by atoms with Crippen molar-refractivity contribution in [3.63, 3.8) is 0 Å². The molecule has 1 saturated carbocycles. The second-order valence-corrected chi connectivity index (χ2v) is 6.41. The summed E-state index contributed by atoms with van der Waals surface area (Å²) >= 11 is 0. The Hall–Kier alpha value is -2.12. The molecule has 4 N–H and O–H groups in total. The number of carbonyl (C=O) groups excluding carboxylic acids is 2. The van der Waals surface area contributed by atoms with Gasteiger partial charge in [0.1, 0.15) is 12.2 Å². The summed E-state index contributed by atoms with van der Waals surface area (Å²) in [6, 6.07) is -0.579. The number of hydrogen-bond donors (Lipinski definition) is 3. The lowest BCUT2D eigenvalue weighted by molar-refractivity contribution is -0.122. The van der Waals surface area contributed by atoms with Crippen LogP contribution < -0.4 is 16.4 Å². The van der Waals surface area contributed by atoms with Gasteiger partial charge in [-0.2, -0.15) is 5.10 Å². The molecule has 1 aliphatic carbocycles. The van der Waals surface area contributed by atoms with Crippen molar-refractivity contribution in [2.24, 2.45) is 11.7 Å². The van der Waals surface area contributed by atoms with E-state index in [1.165, 1.54) is 6.33 Å². The van der Waals surface area contributed by atoms with Crippen LogP contribution in [0.15, 0.2) is 6.33 Å². The third kappa shape index (κ3) is 3.62. The number of primary amides is 1. The molecular formula is C15H24N6O2. The first-order chi connectivity index (χ1) is 11.1. The summed E-state index contributed by atoms with van der Waals surface area (Å²) in [6.45, 7) is 0.835. The SMILES string of the molecule is NC(=O)C1CCCCCC1NC(=O)NC1CCCn2ncnc21. The number of nitrogens with two attached hydrogens (primary N) is 1. The van der Waals surface area contributed by atoms with Crippen LogP contribution >= 0.6 is 0 Å². The monoisotopic (exact) mass is 320 g/mol. The fourth-order valence-electron chi connectivity index (χ4n) is 3.62. The highest BCUT2D eigenvalue weighted by molar-refractivity contribution is 5.80. The summed E-state index contributed by atoms with van der Waals surface area (Å²) in [6.07, 6.45) is 7.92. The predicted octanol–water partition coefficient (Wildman–Crippen LogP) is 0.846. The highest BCUT2D eigenvalue weighted by Gasteiger charge is 2.30. The van der Waals surface area contributed by atoms with E-state index < -0.39 is 0 Å². The predicted molar refractivity (Wildman–Crippen MR) is 83.2 cm³/mol.